The fourth-order valence-corrected chi connectivity index (χ4v) is 2.60. The van der Waals surface area contributed by atoms with Crippen LogP contribution in [-0.4, -0.2) is 12.7 Å². The maximum absolute atomic E-state index is 5.84. The zero-order valence-electron chi connectivity index (χ0n) is 10.4. The zero-order chi connectivity index (χ0) is 11.4. The Balaban J connectivity index is 1.97. The summed E-state index contributed by atoms with van der Waals surface area (Å²) in [6, 6.07) is 10.9. The third kappa shape index (κ3) is 3.08. The molecule has 88 valence electrons. The van der Waals surface area contributed by atoms with E-state index in [1.165, 1.54) is 24.8 Å². The van der Waals surface area contributed by atoms with E-state index in [-0.39, 0.29) is 0 Å². The Morgan fingerprint density at radius 1 is 1.25 bits per heavy atom. The van der Waals surface area contributed by atoms with E-state index < -0.39 is 0 Å². The number of hydrogen-bond acceptors (Lipinski definition) is 1. The van der Waals surface area contributed by atoms with Crippen LogP contribution in [0.15, 0.2) is 30.3 Å². The van der Waals surface area contributed by atoms with Gasteiger partial charge in [-0.3, -0.25) is 0 Å². The highest BCUT2D eigenvalue weighted by Gasteiger charge is 2.24. The molecule has 0 unspecified atom stereocenters. The first kappa shape index (κ1) is 11.7. The molecule has 2 atom stereocenters. The summed E-state index contributed by atoms with van der Waals surface area (Å²) in [6.45, 7) is 5.47. The van der Waals surface area contributed by atoms with Gasteiger partial charge in [-0.2, -0.15) is 0 Å². The molecule has 1 aromatic carbocycles. The van der Waals surface area contributed by atoms with Crippen molar-refractivity contribution >= 4 is 0 Å². The molecule has 1 fully saturated rings. The molecular weight excluding hydrogens is 196 g/mol. The minimum Gasteiger partial charge on any atom is -0.378 e. The molecule has 16 heavy (non-hydrogen) atoms. The number of ether oxygens (including phenoxy) is 1. The monoisotopic (exact) mass is 218 g/mol. The smallest absolute Gasteiger partial charge is 0.0583 e. The summed E-state index contributed by atoms with van der Waals surface area (Å²) in [6.07, 6.45) is 4.04. The van der Waals surface area contributed by atoms with Crippen LogP contribution >= 0.6 is 0 Å². The van der Waals surface area contributed by atoms with Crippen LogP contribution < -0.4 is 0 Å². The molecule has 0 N–H and O–H groups in total. The van der Waals surface area contributed by atoms with E-state index in [4.69, 9.17) is 4.74 Å². The lowest BCUT2D eigenvalue weighted by atomic mass is 9.86. The van der Waals surface area contributed by atoms with Crippen LogP contribution in [-0.2, 0) is 4.74 Å². The zero-order valence-corrected chi connectivity index (χ0v) is 10.4. The fraction of sp³-hybridized carbons (Fsp3) is 0.600. The Morgan fingerprint density at radius 2 is 2.00 bits per heavy atom. The highest BCUT2D eigenvalue weighted by molar-refractivity contribution is 5.20. The molecule has 1 heterocycles. The van der Waals surface area contributed by atoms with Crippen LogP contribution in [0.4, 0.5) is 0 Å². The van der Waals surface area contributed by atoms with E-state index >= 15 is 0 Å². The summed E-state index contributed by atoms with van der Waals surface area (Å²) in [5.41, 5.74) is 1.49. The lowest BCUT2D eigenvalue weighted by Crippen LogP contribution is -2.25. The topological polar surface area (TPSA) is 9.23 Å². The molecule has 1 heteroatoms. The summed E-state index contributed by atoms with van der Waals surface area (Å²) in [5, 5.41) is 0. The highest BCUT2D eigenvalue weighted by atomic mass is 16.5. The van der Waals surface area contributed by atoms with Gasteiger partial charge in [-0.15, -0.1) is 0 Å². The molecule has 1 nitrogen and oxygen atoms in total. The van der Waals surface area contributed by atoms with Gasteiger partial charge >= 0.3 is 0 Å². The van der Waals surface area contributed by atoms with E-state index in [0.717, 1.165) is 12.5 Å². The summed E-state index contributed by atoms with van der Waals surface area (Å²) < 4.78 is 5.84. The van der Waals surface area contributed by atoms with Crippen molar-refractivity contribution in [1.29, 1.82) is 0 Å². The molecule has 1 aliphatic rings. The standard InChI is InChI=1S/C15H22O/c1-12(2)10-15-11-14(8-9-16-15)13-6-4-3-5-7-13/h3-7,12,14-15H,8-11H2,1-2H3/t14-,15+/m1/s1. The highest BCUT2D eigenvalue weighted by Crippen LogP contribution is 2.32. The van der Waals surface area contributed by atoms with Crippen LogP contribution in [0.3, 0.4) is 0 Å². The second-order valence-electron chi connectivity index (χ2n) is 5.25. The minimum absolute atomic E-state index is 0.471. The normalized spacial score (nSPS) is 25.9. The molecular formula is C15H22O. The van der Waals surface area contributed by atoms with Crippen molar-refractivity contribution in [3.8, 4) is 0 Å². The minimum atomic E-state index is 0.471. The van der Waals surface area contributed by atoms with E-state index in [1.807, 2.05) is 0 Å². The molecule has 1 saturated heterocycles. The van der Waals surface area contributed by atoms with E-state index in [2.05, 4.69) is 44.2 Å². The average Bonchev–Trinajstić information content (AvgIpc) is 2.30. The lowest BCUT2D eigenvalue weighted by Gasteiger charge is -2.30. The summed E-state index contributed by atoms with van der Waals surface area (Å²) in [7, 11) is 0. The molecule has 1 aromatic rings. The maximum atomic E-state index is 5.84. The number of benzene rings is 1. The van der Waals surface area contributed by atoms with E-state index in [0.29, 0.717) is 12.0 Å². The molecule has 0 amide bonds. The number of hydrogen-bond donors (Lipinski definition) is 0. The fourth-order valence-electron chi connectivity index (χ4n) is 2.60. The molecule has 0 radical (unpaired) electrons. The Morgan fingerprint density at radius 3 is 2.69 bits per heavy atom. The molecule has 0 bridgehead atoms. The van der Waals surface area contributed by atoms with Gasteiger partial charge in [-0.1, -0.05) is 44.2 Å². The predicted octanol–water partition coefficient (Wildman–Crippen LogP) is 4.00. The first-order valence-corrected chi connectivity index (χ1v) is 6.42. The largest absolute Gasteiger partial charge is 0.378 e. The molecule has 0 aliphatic carbocycles. The van der Waals surface area contributed by atoms with Crippen LogP contribution in [0.1, 0.15) is 44.6 Å². The van der Waals surface area contributed by atoms with Crippen molar-refractivity contribution in [2.45, 2.75) is 45.1 Å². The Kier molecular flexibility index (Phi) is 4.00. The van der Waals surface area contributed by atoms with Crippen LogP contribution in [0.2, 0.25) is 0 Å². The van der Waals surface area contributed by atoms with E-state index in [1.54, 1.807) is 0 Å². The molecule has 0 saturated carbocycles. The van der Waals surface area contributed by atoms with Crippen molar-refractivity contribution in [3.63, 3.8) is 0 Å². The van der Waals surface area contributed by atoms with Gasteiger partial charge in [-0.05, 0) is 36.7 Å². The maximum Gasteiger partial charge on any atom is 0.0583 e. The molecule has 1 aliphatic heterocycles. The Bertz CT molecular complexity index is 304. The second kappa shape index (κ2) is 5.49. The van der Waals surface area contributed by atoms with Crippen molar-refractivity contribution in [2.75, 3.05) is 6.61 Å². The molecule has 0 aromatic heterocycles. The van der Waals surface area contributed by atoms with Crippen molar-refractivity contribution in [1.82, 2.24) is 0 Å². The van der Waals surface area contributed by atoms with Crippen LogP contribution in [0, 0.1) is 5.92 Å². The van der Waals surface area contributed by atoms with Gasteiger partial charge in [0.15, 0.2) is 0 Å². The summed E-state index contributed by atoms with van der Waals surface area (Å²) >= 11 is 0. The van der Waals surface area contributed by atoms with Gasteiger partial charge in [0.05, 0.1) is 6.10 Å². The Labute approximate surface area is 98.8 Å². The van der Waals surface area contributed by atoms with Crippen LogP contribution in [0.25, 0.3) is 0 Å². The Hall–Kier alpha value is -0.820. The van der Waals surface area contributed by atoms with E-state index in [9.17, 15) is 0 Å². The predicted molar refractivity (Wildman–Crippen MR) is 67.6 cm³/mol. The SMILES string of the molecule is CC(C)C[C@H]1C[C@H](c2ccccc2)CCO1. The van der Waals surface area contributed by atoms with Gasteiger partial charge in [-0.25, -0.2) is 0 Å². The summed E-state index contributed by atoms with van der Waals surface area (Å²) in [4.78, 5) is 0. The summed E-state index contributed by atoms with van der Waals surface area (Å²) in [5.74, 6) is 1.44. The van der Waals surface area contributed by atoms with Gasteiger partial charge < -0.3 is 4.74 Å². The first-order chi connectivity index (χ1) is 7.75. The first-order valence-electron chi connectivity index (χ1n) is 6.42. The lowest BCUT2D eigenvalue weighted by molar-refractivity contribution is -0.00476. The third-order valence-electron chi connectivity index (χ3n) is 3.37. The molecule has 0 spiro atoms. The van der Waals surface area contributed by atoms with Crippen LogP contribution in [0.5, 0.6) is 0 Å². The van der Waals surface area contributed by atoms with Gasteiger partial charge in [0.25, 0.3) is 0 Å². The second-order valence-corrected chi connectivity index (χ2v) is 5.25. The number of rotatable bonds is 3. The third-order valence-corrected chi connectivity index (χ3v) is 3.37. The van der Waals surface area contributed by atoms with Crippen molar-refractivity contribution in [2.24, 2.45) is 5.92 Å². The molecule has 2 rings (SSSR count). The van der Waals surface area contributed by atoms with Gasteiger partial charge in [0.1, 0.15) is 0 Å². The van der Waals surface area contributed by atoms with Crippen molar-refractivity contribution < 1.29 is 4.74 Å². The van der Waals surface area contributed by atoms with Crippen molar-refractivity contribution in [3.05, 3.63) is 35.9 Å². The van der Waals surface area contributed by atoms with Gasteiger partial charge in [0.2, 0.25) is 0 Å². The average molecular weight is 218 g/mol. The van der Waals surface area contributed by atoms with Gasteiger partial charge in [0, 0.05) is 6.61 Å². The quantitative estimate of drug-likeness (QED) is 0.745.